The van der Waals surface area contributed by atoms with Gasteiger partial charge in [-0.2, -0.15) is 0 Å². The maximum atomic E-state index is 11.9. The molecular formula is C14H28N2O6S. The van der Waals surface area contributed by atoms with E-state index in [4.69, 9.17) is 4.84 Å². The van der Waals surface area contributed by atoms with Crippen molar-refractivity contribution in [3.63, 3.8) is 0 Å². The second kappa shape index (κ2) is 9.84. The van der Waals surface area contributed by atoms with Crippen LogP contribution >= 0.6 is 0 Å². The van der Waals surface area contributed by atoms with Crippen LogP contribution in [-0.4, -0.2) is 56.9 Å². The van der Waals surface area contributed by atoms with Gasteiger partial charge in [-0.05, 0) is 33.6 Å². The molecule has 8 nitrogen and oxygen atoms in total. The first-order valence-corrected chi connectivity index (χ1v) is 9.18. The Morgan fingerprint density at radius 2 is 1.96 bits per heavy atom. The Bertz CT molecular complexity index is 472. The first kappa shape index (κ1) is 21.8. The molecule has 0 saturated carbocycles. The van der Waals surface area contributed by atoms with Gasteiger partial charge in [0.15, 0.2) is 0 Å². The fourth-order valence-electron chi connectivity index (χ4n) is 1.71. The van der Waals surface area contributed by atoms with Crippen molar-refractivity contribution in [1.82, 2.24) is 9.79 Å². The Kier molecular flexibility index (Phi) is 9.33. The molecule has 0 aromatic carbocycles. The van der Waals surface area contributed by atoms with Crippen LogP contribution < -0.4 is 4.72 Å². The highest BCUT2D eigenvalue weighted by Crippen LogP contribution is 2.10. The molecule has 0 heterocycles. The van der Waals surface area contributed by atoms with Crippen LogP contribution in [0.3, 0.4) is 0 Å². The third-order valence-electron chi connectivity index (χ3n) is 2.72. The highest BCUT2D eigenvalue weighted by Gasteiger charge is 2.26. The fraction of sp³-hybridized carbons (Fsp3) is 0.857. The van der Waals surface area contributed by atoms with Crippen molar-refractivity contribution < 1.29 is 27.6 Å². The number of hydrogen-bond donors (Lipinski definition) is 1. The van der Waals surface area contributed by atoms with E-state index in [2.05, 4.69) is 9.46 Å². The van der Waals surface area contributed by atoms with Crippen LogP contribution in [0.1, 0.15) is 47.0 Å². The van der Waals surface area contributed by atoms with Gasteiger partial charge < -0.3 is 4.74 Å². The average molecular weight is 352 g/mol. The number of amides is 1. The number of unbranched alkanes of at least 4 members (excludes halogenated alkanes) is 1. The van der Waals surface area contributed by atoms with Gasteiger partial charge in [-0.3, -0.25) is 14.4 Å². The molecule has 0 aromatic rings. The number of nitrogens with one attached hydrogen (secondary N) is 1. The molecule has 0 unspecified atom stereocenters. The molecule has 0 aliphatic rings. The van der Waals surface area contributed by atoms with E-state index in [1.807, 2.05) is 6.92 Å². The Balaban J connectivity index is 4.80. The number of sulfonamides is 1. The van der Waals surface area contributed by atoms with Crippen molar-refractivity contribution in [3.05, 3.63) is 0 Å². The maximum Gasteiger partial charge on any atom is 0.323 e. The quantitative estimate of drug-likeness (QED) is 0.336. The molecule has 9 heteroatoms. The second-order valence-corrected chi connectivity index (χ2v) is 7.98. The fourth-order valence-corrected chi connectivity index (χ4v) is 3.14. The summed E-state index contributed by atoms with van der Waals surface area (Å²) in [6.45, 7) is 7.24. The minimum atomic E-state index is -3.59. The van der Waals surface area contributed by atoms with Gasteiger partial charge in [0.1, 0.15) is 6.04 Å². The summed E-state index contributed by atoms with van der Waals surface area (Å²) in [5.41, 5.74) is -0.581. The third-order valence-corrected chi connectivity index (χ3v) is 4.19. The van der Waals surface area contributed by atoms with Gasteiger partial charge in [0.2, 0.25) is 16.4 Å². The Labute approximate surface area is 138 Å². The molecule has 0 saturated heterocycles. The standard InChI is InChI=1S/C14H28N2O6S/c1-6-7-10-23(19,20)15-12(13(18)21-5)8-9-16(11-17)22-14(2,3)4/h11-12,15H,6-10H2,1-5H3/t12-/m0/s1. The van der Waals surface area contributed by atoms with Crippen LogP contribution in [0.2, 0.25) is 0 Å². The van der Waals surface area contributed by atoms with Crippen LogP contribution in [0, 0.1) is 0 Å². The minimum absolute atomic E-state index is 0.0485. The van der Waals surface area contributed by atoms with Crippen LogP contribution in [0.4, 0.5) is 0 Å². The van der Waals surface area contributed by atoms with Crippen molar-refractivity contribution in [1.29, 1.82) is 0 Å². The maximum absolute atomic E-state index is 11.9. The molecule has 0 aliphatic heterocycles. The lowest BCUT2D eigenvalue weighted by molar-refractivity contribution is -0.216. The van der Waals surface area contributed by atoms with Gasteiger partial charge in [-0.1, -0.05) is 13.3 Å². The first-order chi connectivity index (χ1) is 10.5. The normalized spacial score (nSPS) is 13.4. The summed E-state index contributed by atoms with van der Waals surface area (Å²) < 4.78 is 30.8. The van der Waals surface area contributed by atoms with Gasteiger partial charge in [0, 0.05) is 0 Å². The topological polar surface area (TPSA) is 102 Å². The van der Waals surface area contributed by atoms with E-state index in [1.54, 1.807) is 20.8 Å². The summed E-state index contributed by atoms with van der Waals surface area (Å²) in [4.78, 5) is 28.1. The summed E-state index contributed by atoms with van der Waals surface area (Å²) in [7, 11) is -2.41. The lowest BCUT2D eigenvalue weighted by atomic mass is 10.2. The molecule has 0 rings (SSSR count). The third kappa shape index (κ3) is 10.2. The Morgan fingerprint density at radius 3 is 2.39 bits per heavy atom. The summed E-state index contributed by atoms with van der Waals surface area (Å²) in [6.07, 6.45) is 1.76. The Hall–Kier alpha value is -1.19. The van der Waals surface area contributed by atoms with Crippen LogP contribution in [-0.2, 0) is 29.2 Å². The molecule has 1 amide bonds. The van der Waals surface area contributed by atoms with Crippen molar-refractivity contribution in [3.8, 4) is 0 Å². The molecule has 0 spiro atoms. The van der Waals surface area contributed by atoms with E-state index in [0.29, 0.717) is 12.8 Å². The van der Waals surface area contributed by atoms with Crippen LogP contribution in [0.25, 0.3) is 0 Å². The van der Waals surface area contributed by atoms with Crippen molar-refractivity contribution in [2.45, 2.75) is 58.6 Å². The molecule has 0 aromatic heterocycles. The van der Waals surface area contributed by atoms with E-state index in [9.17, 15) is 18.0 Å². The van der Waals surface area contributed by atoms with Crippen LogP contribution in [0.15, 0.2) is 0 Å². The summed E-state index contributed by atoms with van der Waals surface area (Å²) in [6, 6.07) is -1.06. The van der Waals surface area contributed by atoms with Gasteiger partial charge in [-0.25, -0.2) is 18.2 Å². The summed E-state index contributed by atoms with van der Waals surface area (Å²) in [5, 5.41) is 1.04. The number of carbonyl (C=O) groups is 2. The first-order valence-electron chi connectivity index (χ1n) is 7.53. The largest absolute Gasteiger partial charge is 0.468 e. The zero-order valence-corrected chi connectivity index (χ0v) is 15.3. The second-order valence-electron chi connectivity index (χ2n) is 6.10. The van der Waals surface area contributed by atoms with Crippen molar-refractivity contribution >= 4 is 22.4 Å². The van der Waals surface area contributed by atoms with Gasteiger partial charge >= 0.3 is 5.97 Å². The number of nitrogens with zero attached hydrogens (tertiary/aromatic N) is 1. The Morgan fingerprint density at radius 1 is 1.35 bits per heavy atom. The molecule has 0 fully saturated rings. The van der Waals surface area contributed by atoms with Gasteiger partial charge in [0.25, 0.3) is 0 Å². The molecule has 0 bridgehead atoms. The monoisotopic (exact) mass is 352 g/mol. The van der Waals surface area contributed by atoms with E-state index < -0.39 is 27.6 Å². The van der Waals surface area contributed by atoms with Crippen molar-refractivity contribution in [2.75, 3.05) is 19.4 Å². The number of hydrogen-bond acceptors (Lipinski definition) is 6. The molecule has 23 heavy (non-hydrogen) atoms. The zero-order valence-electron chi connectivity index (χ0n) is 14.5. The number of rotatable bonds is 11. The number of carbonyl (C=O) groups excluding carboxylic acids is 2. The molecule has 1 N–H and O–H groups in total. The lowest BCUT2D eigenvalue weighted by Gasteiger charge is -2.27. The zero-order chi connectivity index (χ0) is 18.1. The van der Waals surface area contributed by atoms with E-state index in [-0.39, 0.29) is 18.7 Å². The SMILES string of the molecule is CCCCS(=O)(=O)N[C@@H](CCN(C=O)OC(C)(C)C)C(=O)OC. The predicted molar refractivity (Wildman–Crippen MR) is 85.9 cm³/mol. The molecule has 1 atom stereocenters. The number of methoxy groups -OCH3 is 1. The number of esters is 1. The smallest absolute Gasteiger partial charge is 0.323 e. The highest BCUT2D eigenvalue weighted by molar-refractivity contribution is 7.89. The molecular weight excluding hydrogens is 324 g/mol. The lowest BCUT2D eigenvalue weighted by Crippen LogP contribution is -2.45. The van der Waals surface area contributed by atoms with Crippen molar-refractivity contribution in [2.24, 2.45) is 0 Å². The predicted octanol–water partition coefficient (Wildman–Crippen LogP) is 0.826. The summed E-state index contributed by atoms with van der Waals surface area (Å²) in [5.74, 6) is -0.765. The van der Waals surface area contributed by atoms with Gasteiger partial charge in [-0.15, -0.1) is 0 Å². The average Bonchev–Trinajstić information content (AvgIpc) is 2.45. The van der Waals surface area contributed by atoms with E-state index >= 15 is 0 Å². The van der Waals surface area contributed by atoms with Crippen LogP contribution in [0.5, 0.6) is 0 Å². The molecule has 136 valence electrons. The summed E-state index contributed by atoms with van der Waals surface area (Å²) >= 11 is 0. The molecule has 0 radical (unpaired) electrons. The minimum Gasteiger partial charge on any atom is -0.468 e. The van der Waals surface area contributed by atoms with E-state index in [0.717, 1.165) is 11.5 Å². The van der Waals surface area contributed by atoms with Gasteiger partial charge in [0.05, 0.1) is 25.0 Å². The molecule has 0 aliphatic carbocycles. The highest BCUT2D eigenvalue weighted by atomic mass is 32.2. The van der Waals surface area contributed by atoms with E-state index in [1.165, 1.54) is 7.11 Å². The number of ether oxygens (including phenoxy) is 1. The number of hydroxylamine groups is 2.